The molecule has 1 aromatic rings. The van der Waals surface area contributed by atoms with Crippen LogP contribution in [0.2, 0.25) is 0 Å². The third kappa shape index (κ3) is 2.17. The zero-order chi connectivity index (χ0) is 14.2. The Kier molecular flexibility index (Phi) is 3.49. The highest BCUT2D eigenvalue weighted by molar-refractivity contribution is 5.55. The van der Waals surface area contributed by atoms with Crippen LogP contribution in [0.1, 0.15) is 6.23 Å². The molecule has 0 bridgehead atoms. The van der Waals surface area contributed by atoms with Crippen molar-refractivity contribution >= 4 is 11.5 Å². The van der Waals surface area contributed by atoms with E-state index in [1.54, 1.807) is 0 Å². The largest absolute Gasteiger partial charge is 0.395 e. The minimum Gasteiger partial charge on any atom is -0.395 e. The summed E-state index contributed by atoms with van der Waals surface area (Å²) in [5, 5.41) is 8.97. The number of aliphatic hydroxyl groups is 1. The molecule has 2 rings (SSSR count). The minimum atomic E-state index is -1.93. The summed E-state index contributed by atoms with van der Waals surface area (Å²) in [7, 11) is 0. The van der Waals surface area contributed by atoms with Gasteiger partial charge in [0.05, 0.1) is 18.6 Å². The van der Waals surface area contributed by atoms with Crippen LogP contribution in [0.5, 0.6) is 0 Å². The number of hydrogen-bond donors (Lipinski definition) is 3. The Balaban J connectivity index is 2.44. The summed E-state index contributed by atoms with van der Waals surface area (Å²) in [5.74, 6) is -0.186. The van der Waals surface area contributed by atoms with Gasteiger partial charge in [-0.15, -0.1) is 0 Å². The Hall–Kier alpha value is -2.00. The van der Waals surface area contributed by atoms with Gasteiger partial charge >= 0.3 is 5.69 Å². The third-order valence-electron chi connectivity index (χ3n) is 2.82. The molecule has 0 saturated carbocycles. The van der Waals surface area contributed by atoms with Crippen molar-refractivity contribution in [2.24, 2.45) is 0 Å². The van der Waals surface area contributed by atoms with Crippen LogP contribution >= 0.6 is 0 Å². The fourth-order valence-corrected chi connectivity index (χ4v) is 1.82. The van der Waals surface area contributed by atoms with Crippen molar-refractivity contribution < 1.29 is 18.6 Å². The first kappa shape index (κ1) is 13.4. The van der Waals surface area contributed by atoms with E-state index in [1.807, 2.05) is 0 Å². The number of rotatable bonds is 2. The maximum absolute atomic E-state index is 14.0. The number of alkyl halides is 1. The fourth-order valence-electron chi connectivity index (χ4n) is 1.82. The Morgan fingerprint density at radius 1 is 1.58 bits per heavy atom. The van der Waals surface area contributed by atoms with E-state index >= 15 is 0 Å². The molecule has 19 heavy (non-hydrogen) atoms. The first-order chi connectivity index (χ1) is 8.99. The van der Waals surface area contributed by atoms with Crippen molar-refractivity contribution in [3.8, 4) is 0 Å². The van der Waals surface area contributed by atoms with E-state index in [2.05, 4.69) is 4.98 Å². The van der Waals surface area contributed by atoms with Crippen LogP contribution in [-0.4, -0.2) is 33.5 Å². The quantitative estimate of drug-likeness (QED) is 0.668. The second-order valence-corrected chi connectivity index (χ2v) is 3.98. The van der Waals surface area contributed by atoms with Crippen LogP contribution in [0.3, 0.4) is 0 Å². The summed E-state index contributed by atoms with van der Waals surface area (Å²) in [6.45, 7) is -0.612. The van der Waals surface area contributed by atoms with E-state index in [-0.39, 0.29) is 23.4 Å². The van der Waals surface area contributed by atoms with Gasteiger partial charge in [-0.3, -0.25) is 4.57 Å². The molecule has 5 N–H and O–H groups in total. The zero-order valence-corrected chi connectivity index (χ0v) is 9.66. The molecule has 0 radical (unpaired) electrons. The molecular weight excluding hydrogens is 262 g/mol. The van der Waals surface area contributed by atoms with Crippen molar-refractivity contribution in [3.63, 3.8) is 0 Å². The van der Waals surface area contributed by atoms with Gasteiger partial charge in [0, 0.05) is 11.8 Å². The van der Waals surface area contributed by atoms with Crippen molar-refractivity contribution in [1.29, 1.82) is 0 Å². The Morgan fingerprint density at radius 3 is 2.79 bits per heavy atom. The molecule has 0 amide bonds. The second-order valence-electron chi connectivity index (χ2n) is 3.98. The average Bonchev–Trinajstić information content (AvgIpc) is 2.70. The van der Waals surface area contributed by atoms with Crippen LogP contribution < -0.4 is 17.2 Å². The molecule has 0 aromatic carbocycles. The third-order valence-corrected chi connectivity index (χ3v) is 2.82. The molecular formula is C10H12F2N4O3. The van der Waals surface area contributed by atoms with Crippen molar-refractivity contribution in [3.05, 3.63) is 28.6 Å². The number of hydrogen-bond acceptors (Lipinski definition) is 6. The summed E-state index contributed by atoms with van der Waals surface area (Å²) >= 11 is 0. The Bertz CT molecular complexity index is 574. The minimum absolute atomic E-state index is 0.0185. The van der Waals surface area contributed by atoms with Gasteiger partial charge in [0.15, 0.2) is 18.2 Å². The lowest BCUT2D eigenvalue weighted by atomic mass is 10.1. The standard InChI is InChI=1S/C10H12F2N4O3/c11-1-4-6(3-17)19-9(7(4)12)16-2-5(13)8(14)15-10(16)18/h1-2,6-7,9,17H,3,13H2,(H2,14,15,18). The molecule has 2 heterocycles. The summed E-state index contributed by atoms with van der Waals surface area (Å²) in [5.41, 5.74) is 9.52. The molecule has 1 saturated heterocycles. The van der Waals surface area contributed by atoms with E-state index in [4.69, 9.17) is 21.3 Å². The fraction of sp³-hybridized carbons (Fsp3) is 0.400. The number of ether oxygens (including phenoxy) is 1. The summed E-state index contributed by atoms with van der Waals surface area (Å²) in [6, 6.07) is 0. The highest BCUT2D eigenvalue weighted by Gasteiger charge is 2.42. The SMILES string of the molecule is Nc1cn(C2OC(CO)C(=CF)C2F)c(=O)nc1N. The maximum Gasteiger partial charge on any atom is 0.351 e. The number of anilines is 2. The lowest BCUT2D eigenvalue weighted by molar-refractivity contribution is -0.0374. The van der Waals surface area contributed by atoms with Gasteiger partial charge in [0.1, 0.15) is 6.10 Å². The van der Waals surface area contributed by atoms with Crippen LogP contribution in [0.15, 0.2) is 22.9 Å². The summed E-state index contributed by atoms with van der Waals surface area (Å²) in [4.78, 5) is 15.0. The van der Waals surface area contributed by atoms with Gasteiger partial charge in [-0.25, -0.2) is 13.6 Å². The summed E-state index contributed by atoms with van der Waals surface area (Å²) < 4.78 is 32.4. The smallest absolute Gasteiger partial charge is 0.351 e. The zero-order valence-electron chi connectivity index (χ0n) is 9.66. The highest BCUT2D eigenvalue weighted by atomic mass is 19.1. The molecule has 3 atom stereocenters. The van der Waals surface area contributed by atoms with Gasteiger partial charge < -0.3 is 21.3 Å². The number of aromatic nitrogens is 2. The van der Waals surface area contributed by atoms with Crippen LogP contribution in [0.25, 0.3) is 0 Å². The molecule has 104 valence electrons. The van der Waals surface area contributed by atoms with E-state index in [0.717, 1.165) is 10.8 Å². The van der Waals surface area contributed by atoms with Gasteiger partial charge in [-0.2, -0.15) is 4.98 Å². The number of halogens is 2. The Morgan fingerprint density at radius 2 is 2.26 bits per heavy atom. The van der Waals surface area contributed by atoms with E-state index in [0.29, 0.717) is 0 Å². The van der Waals surface area contributed by atoms with Crippen LogP contribution in [0.4, 0.5) is 20.3 Å². The van der Waals surface area contributed by atoms with Gasteiger partial charge in [0.25, 0.3) is 0 Å². The number of aliphatic hydroxyl groups excluding tert-OH is 1. The molecule has 1 aliphatic heterocycles. The number of nitrogens with two attached hydrogens (primary N) is 2. The van der Waals surface area contributed by atoms with Gasteiger partial charge in [-0.1, -0.05) is 0 Å². The van der Waals surface area contributed by atoms with Crippen molar-refractivity contribution in [2.45, 2.75) is 18.5 Å². The predicted molar refractivity (Wildman–Crippen MR) is 62.4 cm³/mol. The first-order valence-electron chi connectivity index (χ1n) is 5.34. The maximum atomic E-state index is 14.0. The second kappa shape index (κ2) is 4.94. The molecule has 3 unspecified atom stereocenters. The molecule has 0 aliphatic carbocycles. The lowest BCUT2D eigenvalue weighted by Gasteiger charge is -2.16. The number of nitrogen functional groups attached to an aromatic ring is 2. The number of nitrogens with zero attached hydrogens (tertiary/aromatic N) is 2. The van der Waals surface area contributed by atoms with Crippen LogP contribution in [0, 0.1) is 0 Å². The van der Waals surface area contributed by atoms with Crippen molar-refractivity contribution in [2.75, 3.05) is 18.1 Å². The van der Waals surface area contributed by atoms with E-state index in [1.165, 1.54) is 0 Å². The van der Waals surface area contributed by atoms with Gasteiger partial charge in [-0.05, 0) is 0 Å². The molecule has 9 heteroatoms. The topological polar surface area (TPSA) is 116 Å². The highest BCUT2D eigenvalue weighted by Crippen LogP contribution is 2.35. The molecule has 0 spiro atoms. The molecule has 1 fully saturated rings. The first-order valence-corrected chi connectivity index (χ1v) is 5.34. The van der Waals surface area contributed by atoms with Crippen LogP contribution in [-0.2, 0) is 4.74 Å². The van der Waals surface area contributed by atoms with E-state index in [9.17, 15) is 13.6 Å². The predicted octanol–water partition coefficient (Wildman–Crippen LogP) is -0.511. The monoisotopic (exact) mass is 274 g/mol. The lowest BCUT2D eigenvalue weighted by Crippen LogP contribution is -2.31. The molecule has 1 aliphatic rings. The van der Waals surface area contributed by atoms with Gasteiger partial charge in [0.2, 0.25) is 0 Å². The average molecular weight is 274 g/mol. The van der Waals surface area contributed by atoms with Crippen molar-refractivity contribution in [1.82, 2.24) is 9.55 Å². The molecule has 7 nitrogen and oxygen atoms in total. The Labute approximate surface area is 106 Å². The normalized spacial score (nSPS) is 29.0. The molecule has 1 aromatic heterocycles. The van der Waals surface area contributed by atoms with E-state index < -0.39 is 30.8 Å². The summed E-state index contributed by atoms with van der Waals surface area (Å²) in [6.07, 6.45) is -3.44.